The maximum absolute atomic E-state index is 12.8. The molecule has 0 bridgehead atoms. The molecule has 0 aliphatic carbocycles. The maximum Gasteiger partial charge on any atom is 0.338 e. The van der Waals surface area contributed by atoms with Crippen molar-refractivity contribution in [2.24, 2.45) is 5.92 Å². The van der Waals surface area contributed by atoms with Crippen LogP contribution in [0.1, 0.15) is 44.9 Å². The first-order valence-electron chi connectivity index (χ1n) is 8.17. The molecule has 0 unspecified atom stereocenters. The third-order valence-electron chi connectivity index (χ3n) is 4.01. The lowest BCUT2D eigenvalue weighted by Gasteiger charge is -2.14. The minimum atomic E-state index is -0.680. The molecule has 1 aliphatic heterocycles. The lowest BCUT2D eigenvalue weighted by atomic mass is 10.1. The van der Waals surface area contributed by atoms with Gasteiger partial charge < -0.3 is 4.74 Å². The Morgan fingerprint density at radius 3 is 1.79 bits per heavy atom. The molecular formula is C19H13Cl4NO4. The third kappa shape index (κ3) is 3.48. The van der Waals surface area contributed by atoms with E-state index in [9.17, 15) is 14.4 Å². The highest BCUT2D eigenvalue weighted by atomic mass is 35.5. The van der Waals surface area contributed by atoms with Gasteiger partial charge in [0.2, 0.25) is 0 Å². The van der Waals surface area contributed by atoms with E-state index >= 15 is 0 Å². The summed E-state index contributed by atoms with van der Waals surface area (Å²) in [7, 11) is 0. The zero-order chi connectivity index (χ0) is 20.7. The Hall–Kier alpha value is -1.79. The van der Waals surface area contributed by atoms with Gasteiger partial charge in [-0.15, -0.1) is 0 Å². The van der Waals surface area contributed by atoms with Gasteiger partial charge >= 0.3 is 5.97 Å². The molecule has 0 N–H and O–H groups in total. The molecule has 1 heterocycles. The average molecular weight is 461 g/mol. The Kier molecular flexibility index (Phi) is 5.92. The predicted octanol–water partition coefficient (Wildman–Crippen LogP) is 5.91. The van der Waals surface area contributed by atoms with Gasteiger partial charge in [-0.1, -0.05) is 60.3 Å². The summed E-state index contributed by atoms with van der Waals surface area (Å²) < 4.78 is 5.15. The van der Waals surface area contributed by atoms with Crippen LogP contribution in [0.2, 0.25) is 20.1 Å². The second-order valence-electron chi connectivity index (χ2n) is 6.49. The fourth-order valence-electron chi connectivity index (χ4n) is 2.66. The molecule has 2 aromatic rings. The highest BCUT2D eigenvalue weighted by molar-refractivity contribution is 6.56. The van der Waals surface area contributed by atoms with E-state index in [2.05, 4.69) is 0 Å². The van der Waals surface area contributed by atoms with Gasteiger partial charge in [0, 0.05) is 0 Å². The summed E-state index contributed by atoms with van der Waals surface area (Å²) >= 11 is 24.2. The quantitative estimate of drug-likeness (QED) is 0.246. The number of ether oxygens (including phenoxy) is 1. The molecule has 0 aromatic heterocycles. The van der Waals surface area contributed by atoms with Crippen molar-refractivity contribution >= 4 is 69.9 Å². The van der Waals surface area contributed by atoms with E-state index in [1.165, 1.54) is 24.3 Å². The van der Waals surface area contributed by atoms with Crippen molar-refractivity contribution in [3.05, 3.63) is 61.0 Å². The number of anilines is 1. The van der Waals surface area contributed by atoms with Crippen LogP contribution in [-0.2, 0) is 4.74 Å². The molecule has 2 aromatic carbocycles. The van der Waals surface area contributed by atoms with Crippen molar-refractivity contribution in [2.75, 3.05) is 11.5 Å². The second kappa shape index (κ2) is 7.91. The van der Waals surface area contributed by atoms with Gasteiger partial charge in [0.15, 0.2) is 0 Å². The highest BCUT2D eigenvalue weighted by Crippen LogP contribution is 2.45. The average Bonchev–Trinajstić information content (AvgIpc) is 2.93. The van der Waals surface area contributed by atoms with Crippen molar-refractivity contribution < 1.29 is 19.1 Å². The van der Waals surface area contributed by atoms with Crippen LogP contribution in [0.15, 0.2) is 24.3 Å². The molecule has 2 amide bonds. The van der Waals surface area contributed by atoms with Crippen molar-refractivity contribution in [3.8, 4) is 0 Å². The van der Waals surface area contributed by atoms with Gasteiger partial charge in [-0.3, -0.25) is 9.59 Å². The lowest BCUT2D eigenvalue weighted by Crippen LogP contribution is -2.29. The first-order chi connectivity index (χ1) is 13.1. The molecule has 3 rings (SSSR count). The number of fused-ring (bicyclic) bond motifs is 1. The molecule has 0 fully saturated rings. The number of rotatable bonds is 4. The highest BCUT2D eigenvalue weighted by Gasteiger charge is 2.42. The number of nitrogens with zero attached hydrogens (tertiary/aromatic N) is 1. The molecule has 0 spiro atoms. The number of imide groups is 1. The van der Waals surface area contributed by atoms with Crippen molar-refractivity contribution in [3.63, 3.8) is 0 Å². The topological polar surface area (TPSA) is 63.7 Å². The van der Waals surface area contributed by atoms with Crippen LogP contribution in [0.25, 0.3) is 0 Å². The van der Waals surface area contributed by atoms with Crippen LogP contribution in [0.3, 0.4) is 0 Å². The summed E-state index contributed by atoms with van der Waals surface area (Å²) in [5.41, 5.74) is 0.326. The van der Waals surface area contributed by atoms with Gasteiger partial charge in [0.05, 0.1) is 49.1 Å². The van der Waals surface area contributed by atoms with E-state index in [1.54, 1.807) is 0 Å². The van der Waals surface area contributed by atoms with Crippen LogP contribution < -0.4 is 4.90 Å². The largest absolute Gasteiger partial charge is 0.462 e. The molecule has 5 nitrogen and oxygen atoms in total. The minimum absolute atomic E-state index is 0.0988. The summed E-state index contributed by atoms with van der Waals surface area (Å²) in [6.07, 6.45) is 0. The summed E-state index contributed by atoms with van der Waals surface area (Å²) in [5.74, 6) is -1.65. The molecule has 0 saturated heterocycles. The van der Waals surface area contributed by atoms with E-state index in [4.69, 9.17) is 51.1 Å². The van der Waals surface area contributed by atoms with E-state index in [-0.39, 0.29) is 49.4 Å². The molecule has 146 valence electrons. The van der Waals surface area contributed by atoms with Crippen LogP contribution in [0.4, 0.5) is 5.69 Å². The Labute approximate surface area is 181 Å². The molecule has 0 atom stereocenters. The smallest absolute Gasteiger partial charge is 0.338 e. The van der Waals surface area contributed by atoms with Crippen LogP contribution >= 0.6 is 46.4 Å². The van der Waals surface area contributed by atoms with Gasteiger partial charge in [-0.05, 0) is 30.2 Å². The SMILES string of the molecule is CC(C)COC(=O)c1ccc(N2C(=O)c3c(Cl)c(Cl)c(Cl)c(Cl)c3C2=O)cc1. The van der Waals surface area contributed by atoms with E-state index < -0.39 is 17.8 Å². The van der Waals surface area contributed by atoms with E-state index in [0.717, 1.165) is 4.90 Å². The zero-order valence-corrected chi connectivity index (χ0v) is 17.7. The zero-order valence-electron chi connectivity index (χ0n) is 14.7. The molecule has 0 radical (unpaired) electrons. The summed E-state index contributed by atoms with van der Waals surface area (Å²) in [4.78, 5) is 38.5. The van der Waals surface area contributed by atoms with Crippen LogP contribution in [-0.4, -0.2) is 24.4 Å². The number of carbonyl (C=O) groups is 3. The first-order valence-corrected chi connectivity index (χ1v) is 9.68. The Balaban J connectivity index is 1.94. The number of amides is 2. The normalized spacial score (nSPS) is 13.3. The molecule has 0 saturated carbocycles. The second-order valence-corrected chi connectivity index (χ2v) is 8.00. The third-order valence-corrected chi connectivity index (χ3v) is 5.81. The molecular weight excluding hydrogens is 448 g/mol. The number of benzene rings is 2. The van der Waals surface area contributed by atoms with Crippen LogP contribution in [0.5, 0.6) is 0 Å². The van der Waals surface area contributed by atoms with Gasteiger partial charge in [0.1, 0.15) is 0 Å². The molecule has 1 aliphatic rings. The monoisotopic (exact) mass is 459 g/mol. The number of hydrogen-bond acceptors (Lipinski definition) is 4. The van der Waals surface area contributed by atoms with Crippen molar-refractivity contribution in [1.82, 2.24) is 0 Å². The van der Waals surface area contributed by atoms with E-state index in [1.807, 2.05) is 13.8 Å². The Bertz CT molecular complexity index is 955. The van der Waals surface area contributed by atoms with Crippen molar-refractivity contribution in [2.45, 2.75) is 13.8 Å². The number of hydrogen-bond donors (Lipinski definition) is 0. The van der Waals surface area contributed by atoms with Crippen molar-refractivity contribution in [1.29, 1.82) is 0 Å². The van der Waals surface area contributed by atoms with Crippen LogP contribution in [0, 0.1) is 5.92 Å². The van der Waals surface area contributed by atoms with Gasteiger partial charge in [-0.25, -0.2) is 9.69 Å². The summed E-state index contributed by atoms with van der Waals surface area (Å²) in [5, 5.41) is -0.474. The predicted molar refractivity (Wildman–Crippen MR) is 109 cm³/mol. The number of halogens is 4. The summed E-state index contributed by atoms with van der Waals surface area (Å²) in [6.45, 7) is 4.14. The Morgan fingerprint density at radius 1 is 0.893 bits per heavy atom. The van der Waals surface area contributed by atoms with E-state index in [0.29, 0.717) is 5.56 Å². The Morgan fingerprint density at radius 2 is 1.36 bits per heavy atom. The molecule has 28 heavy (non-hydrogen) atoms. The standard InChI is InChI=1S/C19H13Cl4NO4/c1-8(2)7-28-19(27)9-3-5-10(6-4-9)24-17(25)11-12(18(24)26)14(21)16(23)15(22)13(11)20/h3-6,8H,7H2,1-2H3. The summed E-state index contributed by atoms with van der Waals surface area (Å²) in [6, 6.07) is 5.84. The first kappa shape index (κ1) is 20.9. The fraction of sp³-hybridized carbons (Fsp3) is 0.211. The maximum atomic E-state index is 12.8. The van der Waals surface area contributed by atoms with Gasteiger partial charge in [0.25, 0.3) is 11.8 Å². The number of esters is 1. The fourth-order valence-corrected chi connectivity index (χ4v) is 3.67. The molecule has 9 heteroatoms. The number of carbonyl (C=O) groups excluding carboxylic acids is 3. The lowest BCUT2D eigenvalue weighted by molar-refractivity contribution is 0.0459. The minimum Gasteiger partial charge on any atom is -0.462 e. The van der Waals surface area contributed by atoms with Gasteiger partial charge in [-0.2, -0.15) is 0 Å².